The van der Waals surface area contributed by atoms with E-state index in [1.165, 1.54) is 0 Å². The molecule has 0 radical (unpaired) electrons. The van der Waals surface area contributed by atoms with E-state index < -0.39 is 39.7 Å². The van der Waals surface area contributed by atoms with Gasteiger partial charge in [0.15, 0.2) is 0 Å². The van der Waals surface area contributed by atoms with Crippen LogP contribution in [0.25, 0.3) is 0 Å². The molecular formula is C30H27AlO7. The van der Waals surface area contributed by atoms with Gasteiger partial charge in [0.1, 0.15) is 0 Å². The van der Waals surface area contributed by atoms with E-state index in [0.29, 0.717) is 23.0 Å². The second-order valence-corrected chi connectivity index (χ2v) is 9.05. The van der Waals surface area contributed by atoms with Crippen LogP contribution < -0.4 is 9.47 Å². The zero-order valence-corrected chi connectivity index (χ0v) is 22.2. The molecule has 0 aliphatic heterocycles. The molecule has 0 amide bonds. The van der Waals surface area contributed by atoms with Crippen LogP contribution in [0.15, 0.2) is 109 Å². The molecule has 0 aromatic heterocycles. The van der Waals surface area contributed by atoms with Crippen LogP contribution in [0.3, 0.4) is 0 Å². The summed E-state index contributed by atoms with van der Waals surface area (Å²) in [6, 6.07) is 33.3. The quantitative estimate of drug-likeness (QED) is 0.214. The molecule has 0 aliphatic rings. The van der Waals surface area contributed by atoms with Crippen molar-refractivity contribution in [2.45, 2.75) is 25.7 Å². The van der Waals surface area contributed by atoms with Gasteiger partial charge in [-0.3, -0.25) is 0 Å². The maximum Gasteiger partial charge on any atom is -0.870 e. The minimum atomic E-state index is -1.30. The molecule has 0 fully saturated rings. The second-order valence-electron chi connectivity index (χ2n) is 8.39. The number of ether oxygens (including phenoxy) is 2. The Morgan fingerprint density at radius 1 is 0.553 bits per heavy atom. The van der Waals surface area contributed by atoms with Crippen LogP contribution in [-0.2, 0) is 17.2 Å². The Morgan fingerprint density at radius 3 is 1.32 bits per heavy atom. The molecule has 192 valence electrons. The summed E-state index contributed by atoms with van der Waals surface area (Å²) in [7, 11) is 0. The molecule has 1 N–H and O–H groups in total. The molecule has 0 spiro atoms. The van der Waals surface area contributed by atoms with Gasteiger partial charge in [0.25, 0.3) is 0 Å². The molecule has 4 aromatic carbocycles. The summed E-state index contributed by atoms with van der Waals surface area (Å²) in [6.45, 7) is 3.48. The first kappa shape index (κ1) is 28.5. The van der Waals surface area contributed by atoms with Gasteiger partial charge in [-0.05, 0) is 0 Å². The first-order valence-corrected chi connectivity index (χ1v) is 12.8. The van der Waals surface area contributed by atoms with Crippen LogP contribution >= 0.6 is 0 Å². The number of carbonyl (C=O) groups is 2. The Hall–Kier alpha value is -4.09. The van der Waals surface area contributed by atoms with E-state index in [1.807, 2.05) is 97.1 Å². The number of para-hydroxylation sites is 2. The molecule has 0 saturated heterocycles. The number of hydrogen-bond donors (Lipinski definition) is 0. The summed E-state index contributed by atoms with van der Waals surface area (Å²) in [4.78, 5) is 25.2. The average Bonchev–Trinajstić information content (AvgIpc) is 2.93. The molecule has 0 aliphatic carbocycles. The van der Waals surface area contributed by atoms with E-state index in [0.717, 1.165) is 11.1 Å². The molecule has 0 heterocycles. The summed E-state index contributed by atoms with van der Waals surface area (Å²) < 4.78 is 22.3. The number of hydrogen-bond acceptors (Lipinski definition) is 7. The summed E-state index contributed by atoms with van der Waals surface area (Å²) in [5.74, 6) is 0.625. The predicted octanol–water partition coefficient (Wildman–Crippen LogP) is 6.62. The minimum absolute atomic E-state index is 0. The molecule has 2 atom stereocenters. The molecule has 2 unspecified atom stereocenters. The van der Waals surface area contributed by atoms with Gasteiger partial charge >= 0.3 is 223 Å². The Kier molecular flexibility index (Phi) is 10.5. The van der Waals surface area contributed by atoms with Gasteiger partial charge in [-0.25, -0.2) is 0 Å². The molecule has 8 heteroatoms. The third kappa shape index (κ3) is 7.96. The number of carbonyl (C=O) groups excluding carboxylic acids is 2. The monoisotopic (exact) mass is 526 g/mol. The van der Waals surface area contributed by atoms with Gasteiger partial charge in [-0.15, -0.1) is 0 Å². The van der Waals surface area contributed by atoms with Crippen molar-refractivity contribution < 1.29 is 32.1 Å². The zero-order chi connectivity index (χ0) is 26.0. The van der Waals surface area contributed by atoms with Crippen LogP contribution in [0.4, 0.5) is 0 Å². The van der Waals surface area contributed by atoms with Crippen LogP contribution in [0.1, 0.15) is 36.8 Å². The Labute approximate surface area is 228 Å². The Balaban J connectivity index is 0.00000400. The molecule has 7 nitrogen and oxygen atoms in total. The topological polar surface area (TPSA) is 101 Å². The standard InChI is InChI=1S/2C15H14O3.Al.H2O/c2*1-11(15(16)17)12-6-5-9-14(10-12)18-13-7-3-2-4-8-13;;/h2*2-11H,1H3,(H,16,17);;1H2/q;;+3;/p-3. The summed E-state index contributed by atoms with van der Waals surface area (Å²) >= 11 is -1.30. The Morgan fingerprint density at radius 2 is 0.921 bits per heavy atom. The summed E-state index contributed by atoms with van der Waals surface area (Å²) in [6.07, 6.45) is 0. The van der Waals surface area contributed by atoms with Gasteiger partial charge in [-0.2, -0.15) is 0 Å². The third-order valence-corrected chi connectivity index (χ3v) is 6.37. The molecular weight excluding hydrogens is 499 g/mol. The molecule has 4 aromatic rings. The van der Waals surface area contributed by atoms with Crippen molar-refractivity contribution in [2.24, 2.45) is 0 Å². The maximum absolute atomic E-state index is 12.6. The average molecular weight is 527 g/mol. The van der Waals surface area contributed by atoms with E-state index in [-0.39, 0.29) is 5.48 Å². The second kappa shape index (κ2) is 14.0. The fourth-order valence-electron chi connectivity index (χ4n) is 3.54. The fraction of sp³-hybridized carbons (Fsp3) is 0.133. The van der Waals surface area contributed by atoms with E-state index >= 15 is 0 Å². The predicted molar refractivity (Wildman–Crippen MR) is 143 cm³/mol. The first-order valence-electron chi connectivity index (χ1n) is 11.9. The van der Waals surface area contributed by atoms with Crippen molar-refractivity contribution in [3.63, 3.8) is 0 Å². The molecule has 4 rings (SSSR count). The van der Waals surface area contributed by atoms with Crippen molar-refractivity contribution in [3.05, 3.63) is 120 Å². The van der Waals surface area contributed by atoms with Crippen molar-refractivity contribution in [1.29, 1.82) is 0 Å². The van der Waals surface area contributed by atoms with Crippen molar-refractivity contribution in [3.8, 4) is 23.0 Å². The van der Waals surface area contributed by atoms with Gasteiger partial charge < -0.3 is 5.48 Å². The van der Waals surface area contributed by atoms with Crippen LogP contribution in [-0.4, -0.2) is 33.3 Å². The van der Waals surface area contributed by atoms with Gasteiger partial charge in [0, 0.05) is 0 Å². The summed E-state index contributed by atoms with van der Waals surface area (Å²) in [5.41, 5.74) is 1.49. The molecule has 38 heavy (non-hydrogen) atoms. The van der Waals surface area contributed by atoms with Gasteiger partial charge in [0.2, 0.25) is 0 Å². The number of rotatable bonds is 10. The first-order chi connectivity index (χ1) is 18.0. The normalized spacial score (nSPS) is 11.6. The smallest absolute Gasteiger partial charge is 0.870 e. The fourth-order valence-corrected chi connectivity index (χ4v) is 4.19. The number of benzene rings is 4. The van der Waals surface area contributed by atoms with Gasteiger partial charge in [0.05, 0.1) is 0 Å². The van der Waals surface area contributed by atoms with Gasteiger partial charge in [-0.1, -0.05) is 0 Å². The van der Waals surface area contributed by atoms with E-state index in [1.54, 1.807) is 26.0 Å². The third-order valence-electron chi connectivity index (χ3n) is 5.71. The van der Waals surface area contributed by atoms with E-state index in [4.69, 9.17) is 17.1 Å². The van der Waals surface area contributed by atoms with E-state index in [9.17, 15) is 9.59 Å². The zero-order valence-electron chi connectivity index (χ0n) is 21.0. The van der Waals surface area contributed by atoms with Crippen molar-refractivity contribution in [1.82, 2.24) is 0 Å². The van der Waals surface area contributed by atoms with Crippen LogP contribution in [0, 0.1) is 0 Å². The molecule has 0 saturated carbocycles. The molecule has 0 bridgehead atoms. The van der Waals surface area contributed by atoms with Crippen LogP contribution in [0.5, 0.6) is 23.0 Å². The maximum atomic E-state index is 12.6. The van der Waals surface area contributed by atoms with Crippen molar-refractivity contribution >= 4 is 27.8 Å². The minimum Gasteiger partial charge on any atom is -0.870 e. The van der Waals surface area contributed by atoms with Crippen molar-refractivity contribution in [2.75, 3.05) is 0 Å². The summed E-state index contributed by atoms with van der Waals surface area (Å²) in [5, 5.41) is 0. The van der Waals surface area contributed by atoms with Crippen LogP contribution in [0.2, 0.25) is 0 Å². The SMILES string of the molecule is CC(C(=O)[O][Al+][O]C(=O)C(C)c1cccc(Oc2ccccc2)c1)c1cccc(Oc2ccccc2)c1.[OH-]. The van der Waals surface area contributed by atoms with E-state index in [2.05, 4.69) is 0 Å². The Bertz CT molecular complexity index is 1230. The largest absolute Gasteiger partial charge is 0.870 e.